The Kier molecular flexibility index (Phi) is 5.77. The van der Waals surface area contributed by atoms with Crippen LogP contribution in [0.1, 0.15) is 41.3 Å². The Labute approximate surface area is 145 Å². The monoisotopic (exact) mass is 343 g/mol. The lowest BCUT2D eigenvalue weighted by Crippen LogP contribution is -2.08. The van der Waals surface area contributed by atoms with Gasteiger partial charge in [-0.25, -0.2) is 4.79 Å². The van der Waals surface area contributed by atoms with Gasteiger partial charge < -0.3 is 10.4 Å². The number of carboxylic acid groups (broad SMARTS) is 1. The van der Waals surface area contributed by atoms with E-state index >= 15 is 0 Å². The number of rotatable bonds is 5. The Morgan fingerprint density at radius 1 is 1.12 bits per heavy atom. The first-order valence-electron chi connectivity index (χ1n) is 7.48. The van der Waals surface area contributed by atoms with Crippen LogP contribution in [0, 0.1) is 0 Å². The van der Waals surface area contributed by atoms with Crippen LogP contribution in [0.15, 0.2) is 48.5 Å². The fourth-order valence-corrected chi connectivity index (χ4v) is 2.38. The standard InChI is InChI=1S/C19H18ClNO3/c1-12(2)14-6-3-13(4-7-14)5-10-18(22)21-15-8-9-16(19(23)24)17(20)11-15/h3-12H,1-2H3,(H,21,22)(H,23,24)/b10-5+. The third-order valence-electron chi connectivity index (χ3n) is 3.50. The molecule has 4 nitrogen and oxygen atoms in total. The molecule has 2 N–H and O–H groups in total. The molecule has 5 heteroatoms. The maximum Gasteiger partial charge on any atom is 0.337 e. The molecular formula is C19H18ClNO3. The van der Waals surface area contributed by atoms with Crippen LogP contribution < -0.4 is 5.32 Å². The molecule has 0 bridgehead atoms. The van der Waals surface area contributed by atoms with E-state index in [1.54, 1.807) is 6.08 Å². The highest BCUT2D eigenvalue weighted by atomic mass is 35.5. The summed E-state index contributed by atoms with van der Waals surface area (Å²) in [7, 11) is 0. The molecule has 0 aliphatic rings. The fourth-order valence-electron chi connectivity index (χ4n) is 2.11. The Bertz CT molecular complexity index is 780. The van der Waals surface area contributed by atoms with Crippen molar-refractivity contribution in [1.29, 1.82) is 0 Å². The average molecular weight is 344 g/mol. The van der Waals surface area contributed by atoms with Crippen LogP contribution in [0.5, 0.6) is 0 Å². The predicted molar refractivity (Wildman–Crippen MR) is 96.6 cm³/mol. The van der Waals surface area contributed by atoms with Crippen molar-refractivity contribution in [3.8, 4) is 0 Å². The van der Waals surface area contributed by atoms with E-state index in [0.717, 1.165) is 5.56 Å². The maximum atomic E-state index is 11.9. The van der Waals surface area contributed by atoms with Crippen molar-refractivity contribution >= 4 is 35.2 Å². The normalized spacial score (nSPS) is 11.0. The number of amides is 1. The largest absolute Gasteiger partial charge is 0.478 e. The summed E-state index contributed by atoms with van der Waals surface area (Å²) in [5.74, 6) is -0.963. The van der Waals surface area contributed by atoms with E-state index in [4.69, 9.17) is 16.7 Å². The van der Waals surface area contributed by atoms with Crippen molar-refractivity contribution in [3.05, 3.63) is 70.3 Å². The van der Waals surface area contributed by atoms with E-state index in [1.807, 2.05) is 24.3 Å². The molecule has 2 rings (SSSR count). The number of aromatic carboxylic acids is 1. The highest BCUT2D eigenvalue weighted by Crippen LogP contribution is 2.21. The summed E-state index contributed by atoms with van der Waals surface area (Å²) in [5.41, 5.74) is 2.60. The van der Waals surface area contributed by atoms with Crippen molar-refractivity contribution in [3.63, 3.8) is 0 Å². The molecular weight excluding hydrogens is 326 g/mol. The van der Waals surface area contributed by atoms with E-state index in [-0.39, 0.29) is 16.5 Å². The first kappa shape index (κ1) is 17.8. The van der Waals surface area contributed by atoms with Crippen LogP contribution in [0.3, 0.4) is 0 Å². The van der Waals surface area contributed by atoms with Gasteiger partial charge >= 0.3 is 5.97 Å². The van der Waals surface area contributed by atoms with Gasteiger partial charge in [-0.1, -0.05) is 49.7 Å². The zero-order valence-corrected chi connectivity index (χ0v) is 14.2. The van der Waals surface area contributed by atoms with Crippen molar-refractivity contribution < 1.29 is 14.7 Å². The topological polar surface area (TPSA) is 66.4 Å². The van der Waals surface area contributed by atoms with E-state index in [0.29, 0.717) is 11.6 Å². The Morgan fingerprint density at radius 3 is 2.33 bits per heavy atom. The van der Waals surface area contributed by atoms with Crippen molar-refractivity contribution in [2.24, 2.45) is 0 Å². The molecule has 0 aliphatic heterocycles. The molecule has 2 aromatic carbocycles. The van der Waals surface area contributed by atoms with Gasteiger partial charge in [0, 0.05) is 11.8 Å². The molecule has 0 spiro atoms. The number of nitrogens with one attached hydrogen (secondary N) is 1. The van der Waals surface area contributed by atoms with Crippen LogP contribution in [0.4, 0.5) is 5.69 Å². The second kappa shape index (κ2) is 7.79. The highest BCUT2D eigenvalue weighted by molar-refractivity contribution is 6.33. The van der Waals surface area contributed by atoms with Crippen LogP contribution in [-0.4, -0.2) is 17.0 Å². The third-order valence-corrected chi connectivity index (χ3v) is 3.81. The number of carbonyl (C=O) groups is 2. The predicted octanol–water partition coefficient (Wildman–Crippen LogP) is 4.81. The summed E-state index contributed by atoms with van der Waals surface area (Å²) in [4.78, 5) is 22.8. The van der Waals surface area contributed by atoms with Gasteiger partial charge in [-0.3, -0.25) is 4.79 Å². The molecule has 1 amide bonds. The minimum atomic E-state index is -1.11. The third kappa shape index (κ3) is 4.70. The second-order valence-electron chi connectivity index (χ2n) is 5.64. The van der Waals surface area contributed by atoms with Gasteiger partial charge in [0.15, 0.2) is 0 Å². The van der Waals surface area contributed by atoms with Gasteiger partial charge in [-0.2, -0.15) is 0 Å². The Hall–Kier alpha value is -2.59. The summed E-state index contributed by atoms with van der Waals surface area (Å²) in [6.45, 7) is 4.25. The average Bonchev–Trinajstić information content (AvgIpc) is 2.53. The van der Waals surface area contributed by atoms with E-state index in [9.17, 15) is 9.59 Å². The molecule has 0 saturated carbocycles. The summed E-state index contributed by atoms with van der Waals surface area (Å²) in [5, 5.41) is 11.6. The Balaban J connectivity index is 2.02. The molecule has 124 valence electrons. The molecule has 0 saturated heterocycles. The van der Waals surface area contributed by atoms with Crippen LogP contribution in [0.25, 0.3) is 6.08 Å². The summed E-state index contributed by atoms with van der Waals surface area (Å²) < 4.78 is 0. The number of hydrogen-bond donors (Lipinski definition) is 2. The van der Waals surface area contributed by atoms with Crippen LogP contribution in [0.2, 0.25) is 5.02 Å². The lowest BCUT2D eigenvalue weighted by molar-refractivity contribution is -0.111. The highest BCUT2D eigenvalue weighted by Gasteiger charge is 2.09. The number of carboxylic acids is 1. The van der Waals surface area contributed by atoms with Gasteiger partial charge in [-0.15, -0.1) is 0 Å². The van der Waals surface area contributed by atoms with E-state index in [1.165, 1.54) is 29.8 Å². The van der Waals surface area contributed by atoms with Gasteiger partial charge in [0.1, 0.15) is 0 Å². The molecule has 0 unspecified atom stereocenters. The smallest absolute Gasteiger partial charge is 0.337 e. The minimum Gasteiger partial charge on any atom is -0.478 e. The SMILES string of the molecule is CC(C)c1ccc(/C=C/C(=O)Nc2ccc(C(=O)O)c(Cl)c2)cc1. The zero-order chi connectivity index (χ0) is 17.7. The molecule has 0 heterocycles. The summed E-state index contributed by atoms with van der Waals surface area (Å²) >= 11 is 5.87. The lowest BCUT2D eigenvalue weighted by Gasteiger charge is -2.05. The van der Waals surface area contributed by atoms with Crippen LogP contribution >= 0.6 is 11.6 Å². The van der Waals surface area contributed by atoms with Crippen molar-refractivity contribution in [2.75, 3.05) is 5.32 Å². The number of carbonyl (C=O) groups excluding carboxylic acids is 1. The quantitative estimate of drug-likeness (QED) is 0.765. The van der Waals surface area contributed by atoms with Gasteiger partial charge in [0.05, 0.1) is 10.6 Å². The Morgan fingerprint density at radius 2 is 1.79 bits per heavy atom. The minimum absolute atomic E-state index is 0.00421. The van der Waals surface area contributed by atoms with Gasteiger partial charge in [-0.05, 0) is 41.3 Å². The molecule has 0 aliphatic carbocycles. The molecule has 24 heavy (non-hydrogen) atoms. The number of halogens is 1. The number of hydrogen-bond acceptors (Lipinski definition) is 2. The second-order valence-corrected chi connectivity index (χ2v) is 6.05. The molecule has 0 radical (unpaired) electrons. The summed E-state index contributed by atoms with van der Waals surface area (Å²) in [6, 6.07) is 12.2. The maximum absolute atomic E-state index is 11.9. The summed E-state index contributed by atoms with van der Waals surface area (Å²) in [6.07, 6.45) is 3.13. The van der Waals surface area contributed by atoms with Crippen molar-refractivity contribution in [2.45, 2.75) is 19.8 Å². The van der Waals surface area contributed by atoms with Gasteiger partial charge in [0.2, 0.25) is 5.91 Å². The van der Waals surface area contributed by atoms with E-state index in [2.05, 4.69) is 19.2 Å². The number of anilines is 1. The van der Waals surface area contributed by atoms with E-state index < -0.39 is 5.97 Å². The molecule has 0 atom stereocenters. The first-order valence-corrected chi connectivity index (χ1v) is 7.86. The molecule has 0 aromatic heterocycles. The fraction of sp³-hybridized carbons (Fsp3) is 0.158. The van der Waals surface area contributed by atoms with Crippen molar-refractivity contribution in [1.82, 2.24) is 0 Å². The molecule has 2 aromatic rings. The van der Waals surface area contributed by atoms with Gasteiger partial charge in [0.25, 0.3) is 0 Å². The number of benzene rings is 2. The molecule has 0 fully saturated rings. The van der Waals surface area contributed by atoms with Crippen LogP contribution in [-0.2, 0) is 4.79 Å². The lowest BCUT2D eigenvalue weighted by atomic mass is 10.0. The first-order chi connectivity index (χ1) is 11.4. The zero-order valence-electron chi connectivity index (χ0n) is 13.4.